The van der Waals surface area contributed by atoms with Crippen molar-refractivity contribution in [3.05, 3.63) is 59.9 Å². The van der Waals surface area contributed by atoms with Crippen LogP contribution in [0.2, 0.25) is 0 Å². The average Bonchev–Trinajstić information content (AvgIpc) is 3.17. The predicted octanol–water partition coefficient (Wildman–Crippen LogP) is 2.55. The molecule has 154 valence electrons. The van der Waals surface area contributed by atoms with Gasteiger partial charge in [0.2, 0.25) is 5.88 Å². The highest BCUT2D eigenvalue weighted by Crippen LogP contribution is 2.38. The molecule has 29 heavy (non-hydrogen) atoms. The monoisotopic (exact) mass is 395 g/mol. The van der Waals surface area contributed by atoms with E-state index in [9.17, 15) is 10.2 Å². The summed E-state index contributed by atoms with van der Waals surface area (Å²) in [5.74, 6) is 0.578. The first kappa shape index (κ1) is 19.9. The number of nitrogens with zero attached hydrogens (tertiary/aromatic N) is 2. The predicted molar refractivity (Wildman–Crippen MR) is 113 cm³/mol. The number of benzene rings is 1. The van der Waals surface area contributed by atoms with Crippen molar-refractivity contribution in [1.82, 2.24) is 14.9 Å². The van der Waals surface area contributed by atoms with Gasteiger partial charge in [-0.1, -0.05) is 24.3 Å². The Kier molecular flexibility index (Phi) is 5.58. The molecular formula is C23H29N3O3. The highest BCUT2D eigenvalue weighted by molar-refractivity contribution is 5.83. The summed E-state index contributed by atoms with van der Waals surface area (Å²) >= 11 is 0. The number of para-hydroxylation sites is 1. The molecule has 6 nitrogen and oxygen atoms in total. The van der Waals surface area contributed by atoms with Crippen molar-refractivity contribution in [2.24, 2.45) is 12.5 Å². The second-order valence-corrected chi connectivity index (χ2v) is 8.33. The Balaban J connectivity index is 1.44. The summed E-state index contributed by atoms with van der Waals surface area (Å²) < 4.78 is 8.11. The van der Waals surface area contributed by atoms with Gasteiger partial charge in [-0.15, -0.1) is 0 Å². The Morgan fingerprint density at radius 2 is 1.90 bits per heavy atom. The van der Waals surface area contributed by atoms with Crippen molar-refractivity contribution in [3.8, 4) is 5.88 Å². The Morgan fingerprint density at radius 3 is 2.66 bits per heavy atom. The van der Waals surface area contributed by atoms with E-state index in [2.05, 4.69) is 46.3 Å². The maximum Gasteiger partial charge on any atom is 0.213 e. The number of pyridine rings is 1. The van der Waals surface area contributed by atoms with Crippen LogP contribution in [-0.4, -0.2) is 45.1 Å². The zero-order valence-electron chi connectivity index (χ0n) is 17.0. The number of hydrogen-bond donors (Lipinski definition) is 3. The maximum atomic E-state index is 10.2. The van der Waals surface area contributed by atoms with Crippen LogP contribution in [-0.2, 0) is 13.6 Å². The van der Waals surface area contributed by atoms with Crippen LogP contribution in [0, 0.1) is 12.3 Å². The molecule has 0 radical (unpaired) electrons. The third kappa shape index (κ3) is 4.29. The number of ether oxygens (including phenoxy) is 1. The zero-order valence-corrected chi connectivity index (χ0v) is 17.0. The third-order valence-corrected chi connectivity index (χ3v) is 5.91. The molecule has 1 saturated carbocycles. The maximum absolute atomic E-state index is 10.2. The molecule has 3 aromatic rings. The van der Waals surface area contributed by atoms with E-state index in [-0.39, 0.29) is 5.41 Å². The Morgan fingerprint density at radius 1 is 1.14 bits per heavy atom. The number of fused-ring (bicyclic) bond motifs is 1. The molecular weight excluding hydrogens is 366 g/mol. The van der Waals surface area contributed by atoms with Gasteiger partial charge in [-0.3, -0.25) is 0 Å². The van der Waals surface area contributed by atoms with Crippen LogP contribution in [0.4, 0.5) is 0 Å². The lowest BCUT2D eigenvalue weighted by Crippen LogP contribution is -2.38. The second-order valence-electron chi connectivity index (χ2n) is 8.33. The number of hydrogen-bond acceptors (Lipinski definition) is 5. The van der Waals surface area contributed by atoms with Gasteiger partial charge < -0.3 is 24.8 Å². The van der Waals surface area contributed by atoms with Crippen LogP contribution in [0.25, 0.3) is 10.9 Å². The van der Waals surface area contributed by atoms with Crippen molar-refractivity contribution in [2.45, 2.75) is 38.5 Å². The first-order chi connectivity index (χ1) is 14.0. The van der Waals surface area contributed by atoms with Gasteiger partial charge in [-0.25, -0.2) is 4.98 Å². The van der Waals surface area contributed by atoms with Crippen LogP contribution in [0.3, 0.4) is 0 Å². The van der Waals surface area contributed by atoms with Crippen LogP contribution in [0.1, 0.15) is 24.1 Å². The molecule has 1 aliphatic carbocycles. The van der Waals surface area contributed by atoms with Gasteiger partial charge in [0.1, 0.15) is 0 Å². The minimum atomic E-state index is -0.719. The molecule has 1 aliphatic rings. The van der Waals surface area contributed by atoms with E-state index in [0.29, 0.717) is 31.9 Å². The zero-order chi connectivity index (χ0) is 20.4. The third-order valence-electron chi connectivity index (χ3n) is 5.91. The molecule has 4 rings (SSSR count). The second kappa shape index (κ2) is 8.14. The molecule has 1 fully saturated rings. The lowest BCUT2D eigenvalue weighted by atomic mass is 9.86. The van der Waals surface area contributed by atoms with Crippen LogP contribution in [0.15, 0.2) is 48.7 Å². The minimum absolute atomic E-state index is 0.338. The highest BCUT2D eigenvalue weighted by Gasteiger charge is 2.44. The van der Waals surface area contributed by atoms with E-state index in [1.165, 1.54) is 16.5 Å². The van der Waals surface area contributed by atoms with Crippen molar-refractivity contribution in [3.63, 3.8) is 0 Å². The van der Waals surface area contributed by atoms with Gasteiger partial charge in [-0.05, 0) is 37.5 Å². The van der Waals surface area contributed by atoms with E-state index in [0.717, 1.165) is 12.2 Å². The normalized spacial score (nSPS) is 24.3. The van der Waals surface area contributed by atoms with Crippen molar-refractivity contribution >= 4 is 10.9 Å². The van der Waals surface area contributed by atoms with Gasteiger partial charge >= 0.3 is 0 Å². The summed E-state index contributed by atoms with van der Waals surface area (Å²) in [5, 5.41) is 25.1. The quantitative estimate of drug-likeness (QED) is 0.573. The van der Waals surface area contributed by atoms with Gasteiger partial charge in [0, 0.05) is 54.4 Å². The van der Waals surface area contributed by atoms with E-state index in [1.54, 1.807) is 0 Å². The molecule has 1 aromatic carbocycles. The van der Waals surface area contributed by atoms with Gasteiger partial charge in [0.25, 0.3) is 0 Å². The van der Waals surface area contributed by atoms with Crippen molar-refractivity contribution in [1.29, 1.82) is 0 Å². The average molecular weight is 396 g/mol. The van der Waals surface area contributed by atoms with Gasteiger partial charge in [0.05, 0.1) is 18.8 Å². The molecule has 0 aliphatic heterocycles. The largest absolute Gasteiger partial charge is 0.477 e. The van der Waals surface area contributed by atoms with Crippen molar-refractivity contribution in [2.75, 3.05) is 13.2 Å². The fraction of sp³-hybridized carbons (Fsp3) is 0.435. The molecule has 2 unspecified atom stereocenters. The highest BCUT2D eigenvalue weighted by atomic mass is 16.5. The summed E-state index contributed by atoms with van der Waals surface area (Å²) in [6.45, 7) is 3.70. The molecule has 0 saturated heterocycles. The van der Waals surface area contributed by atoms with Gasteiger partial charge in [-0.2, -0.15) is 0 Å². The number of aryl methyl sites for hydroxylation is 2. The molecule has 3 N–H and O–H groups in total. The smallest absolute Gasteiger partial charge is 0.213 e. The van der Waals surface area contributed by atoms with E-state index >= 15 is 0 Å². The number of aromatic nitrogens is 2. The van der Waals surface area contributed by atoms with Crippen molar-refractivity contribution < 1.29 is 14.9 Å². The Bertz CT molecular complexity index is 974. The lowest BCUT2D eigenvalue weighted by Gasteiger charge is -2.29. The number of aliphatic hydroxyl groups excluding tert-OH is 2. The van der Waals surface area contributed by atoms with E-state index < -0.39 is 12.2 Å². The standard InChI is InChI=1S/C23H29N3O3/c1-16-6-5-9-22(25-16)29-15-23(10-20(27)21(28)11-23)14-24-12-17-13-26(2)19-8-4-3-7-18(17)19/h3-9,13,20-21,24,27-28H,10-12,14-15H2,1-2H3. The lowest BCUT2D eigenvalue weighted by molar-refractivity contribution is 0.0438. The summed E-state index contributed by atoms with van der Waals surface area (Å²) in [5.41, 5.74) is 3.00. The fourth-order valence-electron chi connectivity index (χ4n) is 4.41. The summed E-state index contributed by atoms with van der Waals surface area (Å²) in [7, 11) is 2.06. The molecule has 0 spiro atoms. The molecule has 0 amide bonds. The van der Waals surface area contributed by atoms with Crippen LogP contribution in [0.5, 0.6) is 5.88 Å². The van der Waals surface area contributed by atoms with E-state index in [4.69, 9.17) is 4.74 Å². The Labute approximate surface area is 171 Å². The number of aliphatic hydroxyl groups is 2. The first-order valence-corrected chi connectivity index (χ1v) is 10.1. The SMILES string of the molecule is Cc1cccc(OCC2(CNCc3cn(C)c4ccccc34)CC(O)C(O)C2)n1. The Hall–Kier alpha value is -2.41. The fourth-order valence-corrected chi connectivity index (χ4v) is 4.41. The summed E-state index contributed by atoms with van der Waals surface area (Å²) in [6.07, 6.45) is 1.72. The summed E-state index contributed by atoms with van der Waals surface area (Å²) in [6, 6.07) is 14.0. The van der Waals surface area contributed by atoms with Gasteiger partial charge in [0.15, 0.2) is 0 Å². The summed E-state index contributed by atoms with van der Waals surface area (Å²) in [4.78, 5) is 4.40. The number of rotatable bonds is 7. The molecule has 2 atom stereocenters. The van der Waals surface area contributed by atoms with Crippen LogP contribution >= 0.6 is 0 Å². The minimum Gasteiger partial charge on any atom is -0.477 e. The van der Waals surface area contributed by atoms with Crippen LogP contribution < -0.4 is 10.1 Å². The first-order valence-electron chi connectivity index (χ1n) is 10.1. The van der Waals surface area contributed by atoms with E-state index in [1.807, 2.05) is 31.2 Å². The molecule has 6 heteroatoms. The number of nitrogens with one attached hydrogen (secondary N) is 1. The molecule has 2 aromatic heterocycles. The topological polar surface area (TPSA) is 79.5 Å². The molecule has 2 heterocycles. The molecule has 0 bridgehead atoms.